The van der Waals surface area contributed by atoms with Gasteiger partial charge in [0.05, 0.1) is 5.75 Å². The van der Waals surface area contributed by atoms with E-state index in [9.17, 15) is 8.42 Å². The van der Waals surface area contributed by atoms with Gasteiger partial charge in [0.25, 0.3) is 0 Å². The molecule has 0 aromatic heterocycles. The molecule has 1 aromatic carbocycles. The molecular formula is C15H24N2O2S2. The molecule has 1 aromatic rings. The quantitative estimate of drug-likeness (QED) is 0.622. The van der Waals surface area contributed by atoms with Gasteiger partial charge in [-0.3, -0.25) is 0 Å². The second-order valence-corrected chi connectivity index (χ2v) is 8.80. The second kappa shape index (κ2) is 7.51. The van der Waals surface area contributed by atoms with Crippen molar-refractivity contribution in [3.63, 3.8) is 0 Å². The second-order valence-electron chi connectivity index (χ2n) is 5.79. The molecule has 1 saturated carbocycles. The Morgan fingerprint density at radius 2 is 2.10 bits per heavy atom. The summed E-state index contributed by atoms with van der Waals surface area (Å²) in [6.07, 6.45) is 4.24. The van der Waals surface area contributed by atoms with Gasteiger partial charge in [-0.15, -0.1) is 11.8 Å². The number of nitrogen functional groups attached to an aromatic ring is 1. The van der Waals surface area contributed by atoms with Gasteiger partial charge in [0, 0.05) is 22.4 Å². The van der Waals surface area contributed by atoms with Crippen LogP contribution in [0.1, 0.15) is 32.6 Å². The molecule has 1 aliphatic carbocycles. The Balaban J connectivity index is 1.80. The lowest BCUT2D eigenvalue weighted by Gasteiger charge is -2.27. The summed E-state index contributed by atoms with van der Waals surface area (Å²) in [6, 6.07) is 7.66. The van der Waals surface area contributed by atoms with Crippen molar-refractivity contribution in [3.8, 4) is 0 Å². The van der Waals surface area contributed by atoms with Gasteiger partial charge in [-0.05, 0) is 30.9 Å². The summed E-state index contributed by atoms with van der Waals surface area (Å²) in [5.41, 5.74) is 6.55. The molecule has 4 nitrogen and oxygen atoms in total. The molecule has 0 amide bonds. The number of benzene rings is 1. The highest BCUT2D eigenvalue weighted by Crippen LogP contribution is 2.25. The van der Waals surface area contributed by atoms with Crippen LogP contribution in [0, 0.1) is 5.92 Å². The van der Waals surface area contributed by atoms with Crippen molar-refractivity contribution >= 4 is 27.5 Å². The molecule has 0 radical (unpaired) electrons. The van der Waals surface area contributed by atoms with Gasteiger partial charge in [-0.2, -0.15) is 0 Å². The van der Waals surface area contributed by atoms with Crippen LogP contribution in [0.25, 0.3) is 0 Å². The molecule has 118 valence electrons. The molecule has 6 heteroatoms. The van der Waals surface area contributed by atoms with E-state index in [0.29, 0.717) is 17.4 Å². The molecule has 0 spiro atoms. The number of nitrogens with two attached hydrogens (primary N) is 1. The van der Waals surface area contributed by atoms with Crippen molar-refractivity contribution in [2.24, 2.45) is 5.92 Å². The summed E-state index contributed by atoms with van der Waals surface area (Å²) in [5, 5.41) is 0. The number of anilines is 1. The molecule has 0 heterocycles. The van der Waals surface area contributed by atoms with Crippen molar-refractivity contribution in [2.75, 3.05) is 17.2 Å². The summed E-state index contributed by atoms with van der Waals surface area (Å²) in [5.74, 6) is 1.27. The molecule has 2 atom stereocenters. The minimum atomic E-state index is -3.20. The van der Waals surface area contributed by atoms with E-state index in [2.05, 4.69) is 11.6 Å². The third-order valence-electron chi connectivity index (χ3n) is 3.81. The smallest absolute Gasteiger partial charge is 0.212 e. The lowest BCUT2D eigenvalue weighted by Crippen LogP contribution is -2.39. The van der Waals surface area contributed by atoms with E-state index in [4.69, 9.17) is 5.73 Å². The molecule has 1 fully saturated rings. The third-order valence-corrected chi connectivity index (χ3v) is 6.59. The van der Waals surface area contributed by atoms with Crippen molar-refractivity contribution < 1.29 is 8.42 Å². The van der Waals surface area contributed by atoms with Gasteiger partial charge < -0.3 is 5.73 Å². The summed E-state index contributed by atoms with van der Waals surface area (Å²) in [4.78, 5) is 0.944. The van der Waals surface area contributed by atoms with Crippen molar-refractivity contribution in [3.05, 3.63) is 24.3 Å². The molecule has 3 N–H and O–H groups in total. The van der Waals surface area contributed by atoms with Crippen LogP contribution in [-0.2, 0) is 10.0 Å². The summed E-state index contributed by atoms with van der Waals surface area (Å²) >= 11 is 1.49. The Morgan fingerprint density at radius 3 is 2.81 bits per heavy atom. The maximum atomic E-state index is 12.1. The monoisotopic (exact) mass is 328 g/mol. The van der Waals surface area contributed by atoms with Crippen LogP contribution in [0.4, 0.5) is 5.69 Å². The molecule has 21 heavy (non-hydrogen) atoms. The largest absolute Gasteiger partial charge is 0.398 e. The average Bonchev–Trinajstić information content (AvgIpc) is 2.40. The minimum Gasteiger partial charge on any atom is -0.398 e. The number of hydrogen-bond donors (Lipinski definition) is 2. The maximum Gasteiger partial charge on any atom is 0.212 e. The van der Waals surface area contributed by atoms with Crippen molar-refractivity contribution in [1.29, 1.82) is 0 Å². The number of rotatable bonds is 6. The molecule has 0 bridgehead atoms. The van der Waals surface area contributed by atoms with E-state index in [1.165, 1.54) is 18.2 Å². The highest BCUT2D eigenvalue weighted by Gasteiger charge is 2.23. The van der Waals surface area contributed by atoms with Gasteiger partial charge in [0.1, 0.15) is 0 Å². The lowest BCUT2D eigenvalue weighted by atomic mass is 9.88. The van der Waals surface area contributed by atoms with Gasteiger partial charge in [0.2, 0.25) is 10.0 Å². The molecule has 1 aliphatic rings. The first kappa shape index (κ1) is 16.6. The average molecular weight is 329 g/mol. The summed E-state index contributed by atoms with van der Waals surface area (Å²) < 4.78 is 27.1. The highest BCUT2D eigenvalue weighted by atomic mass is 32.2. The number of thioether (sulfide) groups is 1. The van der Waals surface area contributed by atoms with Gasteiger partial charge >= 0.3 is 0 Å². The Kier molecular flexibility index (Phi) is 5.96. The Bertz CT molecular complexity index is 561. The van der Waals surface area contributed by atoms with Crippen molar-refractivity contribution in [1.82, 2.24) is 4.72 Å². The highest BCUT2D eigenvalue weighted by molar-refractivity contribution is 8.00. The van der Waals surface area contributed by atoms with Crippen molar-refractivity contribution in [2.45, 2.75) is 43.5 Å². The predicted molar refractivity (Wildman–Crippen MR) is 89.9 cm³/mol. The minimum absolute atomic E-state index is 0.116. The van der Waals surface area contributed by atoms with Gasteiger partial charge in [0.15, 0.2) is 0 Å². The first-order valence-corrected chi connectivity index (χ1v) is 10.1. The summed E-state index contributed by atoms with van der Waals surface area (Å²) in [6.45, 7) is 2.19. The predicted octanol–water partition coefficient (Wildman–Crippen LogP) is 2.86. The zero-order chi connectivity index (χ0) is 15.3. The third kappa shape index (κ3) is 5.52. The van der Waals surface area contributed by atoms with Crippen LogP contribution in [0.5, 0.6) is 0 Å². The molecular weight excluding hydrogens is 304 g/mol. The molecule has 2 unspecified atom stereocenters. The molecule has 2 rings (SSSR count). The fourth-order valence-corrected chi connectivity index (χ4v) is 5.41. The zero-order valence-electron chi connectivity index (χ0n) is 12.4. The van der Waals surface area contributed by atoms with E-state index in [0.717, 1.165) is 24.2 Å². The maximum absolute atomic E-state index is 12.1. The van der Waals surface area contributed by atoms with E-state index >= 15 is 0 Å². The number of sulfonamides is 1. The Hall–Kier alpha value is -0.720. The van der Waals surface area contributed by atoms with Gasteiger partial charge in [-0.25, -0.2) is 13.1 Å². The molecule has 0 aliphatic heterocycles. The SMILES string of the molecule is CC1CCCC(NS(=O)(=O)CCSc2ccccc2N)C1. The fraction of sp³-hybridized carbons (Fsp3) is 0.600. The zero-order valence-corrected chi connectivity index (χ0v) is 14.1. The topological polar surface area (TPSA) is 72.2 Å². The van der Waals surface area contributed by atoms with E-state index in [1.54, 1.807) is 0 Å². The Labute approximate surface area is 131 Å². The van der Waals surface area contributed by atoms with E-state index < -0.39 is 10.0 Å². The number of hydrogen-bond acceptors (Lipinski definition) is 4. The number of para-hydroxylation sites is 1. The standard InChI is InChI=1S/C15H24N2O2S2/c1-12-5-4-6-13(11-12)17-21(18,19)10-9-20-15-8-3-2-7-14(15)16/h2-3,7-8,12-13,17H,4-6,9-11,16H2,1H3. The number of nitrogens with one attached hydrogen (secondary N) is 1. The van der Waals surface area contributed by atoms with E-state index in [-0.39, 0.29) is 11.8 Å². The summed E-state index contributed by atoms with van der Waals surface area (Å²) in [7, 11) is -3.20. The first-order valence-electron chi connectivity index (χ1n) is 7.43. The van der Waals surface area contributed by atoms with Crippen LogP contribution < -0.4 is 10.5 Å². The van der Waals surface area contributed by atoms with E-state index in [1.807, 2.05) is 24.3 Å². The van der Waals surface area contributed by atoms with Crippen LogP contribution in [0.3, 0.4) is 0 Å². The van der Waals surface area contributed by atoms with Crippen LogP contribution in [0.2, 0.25) is 0 Å². The van der Waals surface area contributed by atoms with Crippen LogP contribution in [0.15, 0.2) is 29.2 Å². The Morgan fingerprint density at radius 1 is 1.33 bits per heavy atom. The lowest BCUT2D eigenvalue weighted by molar-refractivity contribution is 0.327. The first-order chi connectivity index (χ1) is 9.96. The van der Waals surface area contributed by atoms with Crippen LogP contribution in [-0.4, -0.2) is 26.0 Å². The van der Waals surface area contributed by atoms with Crippen LogP contribution >= 0.6 is 11.8 Å². The fourth-order valence-electron chi connectivity index (χ4n) is 2.73. The van der Waals surface area contributed by atoms with Gasteiger partial charge in [-0.1, -0.05) is 31.9 Å². The molecule has 0 saturated heterocycles. The normalized spacial score (nSPS) is 23.1.